The van der Waals surface area contributed by atoms with Crippen LogP contribution in [0.1, 0.15) is 28.9 Å². The summed E-state index contributed by atoms with van der Waals surface area (Å²) in [5.41, 5.74) is -0.419. The second-order valence-corrected chi connectivity index (χ2v) is 11.7. The molecule has 1 aromatic carbocycles. The highest BCUT2D eigenvalue weighted by molar-refractivity contribution is 7.91. The number of pyridine rings is 1. The van der Waals surface area contributed by atoms with Crippen LogP contribution in [0.4, 0.5) is 4.39 Å². The van der Waals surface area contributed by atoms with E-state index in [9.17, 15) is 17.6 Å². The van der Waals surface area contributed by atoms with Crippen LogP contribution in [0.25, 0.3) is 0 Å². The number of aromatic nitrogens is 1. The number of piperidine rings is 1. The van der Waals surface area contributed by atoms with Gasteiger partial charge < -0.3 is 5.32 Å². The van der Waals surface area contributed by atoms with E-state index in [2.05, 4.69) is 10.3 Å². The van der Waals surface area contributed by atoms with Crippen molar-refractivity contribution in [1.82, 2.24) is 14.6 Å². The van der Waals surface area contributed by atoms with Crippen LogP contribution in [0.3, 0.4) is 0 Å². The van der Waals surface area contributed by atoms with Gasteiger partial charge in [0.1, 0.15) is 10.0 Å². The van der Waals surface area contributed by atoms with Crippen LogP contribution in [-0.2, 0) is 15.4 Å². The first kappa shape index (κ1) is 24.1. The van der Waals surface area contributed by atoms with E-state index in [-0.39, 0.29) is 40.1 Å². The number of hydrogen-bond acceptors (Lipinski definition) is 5. The topological polar surface area (TPSA) is 79.4 Å². The molecule has 0 saturated carbocycles. The van der Waals surface area contributed by atoms with Crippen molar-refractivity contribution in [1.29, 1.82) is 0 Å². The molecule has 0 bridgehead atoms. The molecule has 6 nitrogen and oxygen atoms in total. The van der Waals surface area contributed by atoms with Crippen molar-refractivity contribution in [2.24, 2.45) is 0 Å². The second-order valence-electron chi connectivity index (χ2n) is 7.76. The van der Waals surface area contributed by atoms with Gasteiger partial charge in [-0.25, -0.2) is 12.8 Å². The van der Waals surface area contributed by atoms with Gasteiger partial charge in [0.25, 0.3) is 15.9 Å². The summed E-state index contributed by atoms with van der Waals surface area (Å²) in [6.45, 7) is 0.424. The highest BCUT2D eigenvalue weighted by Gasteiger charge is 2.42. The highest BCUT2D eigenvalue weighted by Crippen LogP contribution is 2.37. The number of carbonyl (C=O) groups excluding carboxylic acids is 1. The van der Waals surface area contributed by atoms with E-state index in [1.165, 1.54) is 34.8 Å². The van der Waals surface area contributed by atoms with E-state index in [0.717, 1.165) is 11.3 Å². The number of sulfonamides is 1. The van der Waals surface area contributed by atoms with Crippen LogP contribution in [0.2, 0.25) is 10.0 Å². The molecule has 0 unspecified atom stereocenters. The monoisotopic (exact) mass is 527 g/mol. The number of hydrogen-bond donors (Lipinski definition) is 1. The average Bonchev–Trinajstić information content (AvgIpc) is 3.34. The molecule has 1 fully saturated rings. The van der Waals surface area contributed by atoms with Crippen molar-refractivity contribution < 1.29 is 17.6 Å². The smallest absolute Gasteiger partial charge is 0.252 e. The van der Waals surface area contributed by atoms with E-state index in [1.807, 2.05) is 0 Å². The molecule has 1 amide bonds. The van der Waals surface area contributed by atoms with E-state index in [1.54, 1.807) is 23.6 Å². The van der Waals surface area contributed by atoms with Crippen LogP contribution >= 0.6 is 34.5 Å². The molecule has 3 heterocycles. The van der Waals surface area contributed by atoms with Crippen LogP contribution in [0.5, 0.6) is 0 Å². The molecule has 0 radical (unpaired) electrons. The zero-order valence-corrected chi connectivity index (χ0v) is 20.4. The Morgan fingerprint density at radius 1 is 1.18 bits per heavy atom. The van der Waals surface area contributed by atoms with Crippen molar-refractivity contribution in [3.05, 3.63) is 81.2 Å². The lowest BCUT2D eigenvalue weighted by atomic mass is 9.75. The normalized spacial score (nSPS) is 16.5. The maximum Gasteiger partial charge on any atom is 0.252 e. The lowest BCUT2D eigenvalue weighted by Crippen LogP contribution is -2.51. The zero-order chi connectivity index (χ0) is 23.6. The third-order valence-electron chi connectivity index (χ3n) is 5.79. The molecule has 174 valence electrons. The molecule has 1 N–H and O–H groups in total. The molecule has 1 aliphatic heterocycles. The minimum absolute atomic E-state index is 0.0750. The standard InChI is InChI=1S/C22H20Cl2FN3O3S2/c23-15-5-6-16(17(24)13-15)21(29)27-14-22(20-18(25)3-1-9-26-20)7-10-28(11-8-22)33(30,31)19-4-2-12-32-19/h1-6,9,12-13H,7-8,10-11,14H2,(H,27,29). The van der Waals surface area contributed by atoms with Crippen molar-refractivity contribution in [3.63, 3.8) is 0 Å². The first-order chi connectivity index (χ1) is 15.7. The Morgan fingerprint density at radius 2 is 1.94 bits per heavy atom. The molecule has 4 rings (SSSR count). The van der Waals surface area contributed by atoms with Crippen molar-refractivity contribution in [3.8, 4) is 0 Å². The van der Waals surface area contributed by atoms with Crippen molar-refractivity contribution in [2.45, 2.75) is 22.5 Å². The van der Waals surface area contributed by atoms with Crippen LogP contribution < -0.4 is 5.32 Å². The Hall–Kier alpha value is -2.04. The minimum atomic E-state index is -3.62. The third kappa shape index (κ3) is 4.93. The average molecular weight is 528 g/mol. The number of nitrogens with one attached hydrogen (secondary N) is 1. The Balaban J connectivity index is 1.57. The van der Waals surface area contributed by atoms with Gasteiger partial charge in [-0.2, -0.15) is 4.31 Å². The van der Waals surface area contributed by atoms with Gasteiger partial charge in [-0.1, -0.05) is 29.3 Å². The number of amides is 1. The predicted molar refractivity (Wildman–Crippen MR) is 127 cm³/mol. The summed E-state index contributed by atoms with van der Waals surface area (Å²) >= 11 is 13.2. The Bertz CT molecular complexity index is 1260. The van der Waals surface area contributed by atoms with Gasteiger partial charge in [-0.15, -0.1) is 11.3 Å². The highest BCUT2D eigenvalue weighted by atomic mass is 35.5. The maximum atomic E-state index is 14.8. The lowest BCUT2D eigenvalue weighted by Gasteiger charge is -2.41. The fraction of sp³-hybridized carbons (Fsp3) is 0.273. The Kier molecular flexibility index (Phi) is 7.07. The van der Waals surface area contributed by atoms with Crippen molar-refractivity contribution in [2.75, 3.05) is 19.6 Å². The summed E-state index contributed by atoms with van der Waals surface area (Å²) in [5, 5.41) is 5.16. The predicted octanol–water partition coefficient (Wildman–Crippen LogP) is 4.74. The molecule has 0 spiro atoms. The Labute approximate surface area is 205 Å². The number of carbonyl (C=O) groups is 1. The lowest BCUT2D eigenvalue weighted by molar-refractivity contribution is 0.0931. The second kappa shape index (κ2) is 9.68. The van der Waals surface area contributed by atoms with Gasteiger partial charge in [-0.05, 0) is 54.6 Å². The van der Waals surface area contributed by atoms with Gasteiger partial charge in [-0.3, -0.25) is 9.78 Å². The molecule has 3 aromatic rings. The molecule has 33 heavy (non-hydrogen) atoms. The van der Waals surface area contributed by atoms with Gasteiger partial charge in [0.15, 0.2) is 0 Å². The van der Waals surface area contributed by atoms with E-state index < -0.39 is 27.2 Å². The fourth-order valence-corrected chi connectivity index (χ4v) is 7.06. The van der Waals surface area contributed by atoms with E-state index in [4.69, 9.17) is 23.2 Å². The summed E-state index contributed by atoms with van der Waals surface area (Å²) in [4.78, 5) is 17.1. The molecule has 1 aliphatic rings. The van der Waals surface area contributed by atoms with E-state index >= 15 is 0 Å². The molecule has 2 aromatic heterocycles. The molecule has 11 heteroatoms. The summed E-state index contributed by atoms with van der Waals surface area (Å²) in [6, 6.07) is 10.6. The molecular weight excluding hydrogens is 508 g/mol. The van der Waals surface area contributed by atoms with Gasteiger partial charge in [0, 0.05) is 36.3 Å². The molecule has 1 saturated heterocycles. The van der Waals surface area contributed by atoms with Crippen molar-refractivity contribution >= 4 is 50.5 Å². The number of nitrogens with zero attached hydrogens (tertiary/aromatic N) is 2. The van der Waals surface area contributed by atoms with Crippen LogP contribution in [0.15, 0.2) is 58.3 Å². The van der Waals surface area contributed by atoms with Gasteiger partial charge in [0.2, 0.25) is 0 Å². The summed E-state index contributed by atoms with van der Waals surface area (Å²) in [6.07, 6.45) is 2.08. The number of thiophene rings is 1. The van der Waals surface area contributed by atoms with E-state index in [0.29, 0.717) is 17.9 Å². The fourth-order valence-electron chi connectivity index (χ4n) is 3.98. The maximum absolute atomic E-state index is 14.8. The summed E-state index contributed by atoms with van der Waals surface area (Å²) < 4.78 is 42.3. The molecule has 0 atom stereocenters. The quantitative estimate of drug-likeness (QED) is 0.501. The largest absolute Gasteiger partial charge is 0.351 e. The Morgan fingerprint density at radius 3 is 2.58 bits per heavy atom. The minimum Gasteiger partial charge on any atom is -0.351 e. The summed E-state index contributed by atoms with van der Waals surface area (Å²) in [7, 11) is -3.62. The van der Waals surface area contributed by atoms with Crippen LogP contribution in [0, 0.1) is 5.82 Å². The summed E-state index contributed by atoms with van der Waals surface area (Å²) in [5.74, 6) is -0.924. The molecular formula is C22H20Cl2FN3O3S2. The first-order valence-electron chi connectivity index (χ1n) is 10.1. The third-order valence-corrected chi connectivity index (χ3v) is 9.61. The first-order valence-corrected chi connectivity index (χ1v) is 13.2. The SMILES string of the molecule is O=C(NCC1(c2ncccc2F)CCN(S(=O)(=O)c2cccs2)CC1)c1ccc(Cl)cc1Cl. The number of halogens is 3. The number of rotatable bonds is 6. The van der Waals surface area contributed by atoms with Gasteiger partial charge >= 0.3 is 0 Å². The zero-order valence-electron chi connectivity index (χ0n) is 17.3. The van der Waals surface area contributed by atoms with Gasteiger partial charge in [0.05, 0.1) is 16.3 Å². The molecule has 0 aliphatic carbocycles. The van der Waals surface area contributed by atoms with Crippen LogP contribution in [-0.4, -0.2) is 43.2 Å². The number of benzene rings is 1.